The highest BCUT2D eigenvalue weighted by Crippen LogP contribution is 2.09. The van der Waals surface area contributed by atoms with Crippen LogP contribution in [0.25, 0.3) is 0 Å². The van der Waals surface area contributed by atoms with Gasteiger partial charge in [0.15, 0.2) is 0 Å². The number of carbonyl (C=O) groups is 2. The second-order valence-electron chi connectivity index (χ2n) is 4.26. The Kier molecular flexibility index (Phi) is 6.64. The predicted molar refractivity (Wildman–Crippen MR) is 72.0 cm³/mol. The average molecular weight is 264 g/mol. The molecule has 0 aliphatic rings. The summed E-state index contributed by atoms with van der Waals surface area (Å²) in [4.78, 5) is 22.7. The van der Waals surface area contributed by atoms with E-state index in [1.807, 2.05) is 19.1 Å². The van der Waals surface area contributed by atoms with Gasteiger partial charge in [-0.05, 0) is 30.5 Å². The molecule has 19 heavy (non-hydrogen) atoms. The Balaban J connectivity index is 2.46. The van der Waals surface area contributed by atoms with Gasteiger partial charge in [0.2, 0.25) is 0 Å². The first-order chi connectivity index (χ1) is 9.17. The fourth-order valence-electron chi connectivity index (χ4n) is 1.55. The first-order valence-corrected chi connectivity index (χ1v) is 6.50. The Morgan fingerprint density at radius 2 is 1.84 bits per heavy atom. The quantitative estimate of drug-likeness (QED) is 0.561. The number of rotatable bonds is 7. The summed E-state index contributed by atoms with van der Waals surface area (Å²) in [7, 11) is 1.37. The van der Waals surface area contributed by atoms with Gasteiger partial charge >= 0.3 is 11.9 Å². The fourth-order valence-corrected chi connectivity index (χ4v) is 1.55. The minimum absolute atomic E-state index is 0.233. The van der Waals surface area contributed by atoms with E-state index < -0.39 is 0 Å². The number of aryl methyl sites for hydroxylation is 1. The van der Waals surface area contributed by atoms with Crippen molar-refractivity contribution in [2.45, 2.75) is 32.6 Å². The summed E-state index contributed by atoms with van der Waals surface area (Å²) < 4.78 is 9.69. The van der Waals surface area contributed by atoms with E-state index in [1.165, 1.54) is 7.11 Å². The first kappa shape index (κ1) is 15.2. The molecule has 0 aliphatic heterocycles. The monoisotopic (exact) mass is 264 g/mol. The van der Waals surface area contributed by atoms with Crippen LogP contribution >= 0.6 is 0 Å². The summed E-state index contributed by atoms with van der Waals surface area (Å²) in [6.45, 7) is 2.50. The van der Waals surface area contributed by atoms with Crippen molar-refractivity contribution >= 4 is 11.9 Å². The highest BCUT2D eigenvalue weighted by atomic mass is 16.5. The molecule has 0 heterocycles. The number of esters is 2. The molecule has 0 atom stereocenters. The summed E-state index contributed by atoms with van der Waals surface area (Å²) in [6, 6.07) is 7.11. The summed E-state index contributed by atoms with van der Waals surface area (Å²) in [6.07, 6.45) is 2.83. The Labute approximate surface area is 113 Å². The van der Waals surface area contributed by atoms with E-state index in [-0.39, 0.29) is 11.9 Å². The minimum Gasteiger partial charge on any atom is -0.469 e. The molecule has 0 amide bonds. The molecule has 0 fully saturated rings. The second kappa shape index (κ2) is 8.29. The van der Waals surface area contributed by atoms with E-state index in [2.05, 4.69) is 4.74 Å². The van der Waals surface area contributed by atoms with Crippen molar-refractivity contribution in [3.05, 3.63) is 35.4 Å². The van der Waals surface area contributed by atoms with Crippen molar-refractivity contribution in [2.24, 2.45) is 0 Å². The highest BCUT2D eigenvalue weighted by molar-refractivity contribution is 5.89. The standard InChI is InChI=1S/C15H20O4/c1-3-4-11-19-15(17)13-8-5-12(6-9-13)7-10-14(16)18-2/h5-6,8-9H,3-4,7,10-11H2,1-2H3. The van der Waals surface area contributed by atoms with E-state index >= 15 is 0 Å². The van der Waals surface area contributed by atoms with Gasteiger partial charge < -0.3 is 9.47 Å². The molecule has 0 bridgehead atoms. The van der Waals surface area contributed by atoms with Crippen LogP contribution in [0.15, 0.2) is 24.3 Å². The Morgan fingerprint density at radius 3 is 2.42 bits per heavy atom. The van der Waals surface area contributed by atoms with E-state index in [9.17, 15) is 9.59 Å². The van der Waals surface area contributed by atoms with Crippen LogP contribution in [0, 0.1) is 0 Å². The van der Waals surface area contributed by atoms with E-state index in [0.29, 0.717) is 25.0 Å². The van der Waals surface area contributed by atoms with Crippen LogP contribution in [-0.2, 0) is 20.7 Å². The lowest BCUT2D eigenvalue weighted by molar-refractivity contribution is -0.140. The molecular weight excluding hydrogens is 244 g/mol. The third kappa shape index (κ3) is 5.55. The molecule has 1 aromatic rings. The van der Waals surface area contributed by atoms with Gasteiger partial charge in [-0.2, -0.15) is 0 Å². The Hall–Kier alpha value is -1.84. The third-order valence-corrected chi connectivity index (χ3v) is 2.77. The van der Waals surface area contributed by atoms with Crippen molar-refractivity contribution in [3.63, 3.8) is 0 Å². The van der Waals surface area contributed by atoms with Gasteiger partial charge in [-0.3, -0.25) is 4.79 Å². The number of carbonyl (C=O) groups excluding carboxylic acids is 2. The van der Waals surface area contributed by atoms with Gasteiger partial charge in [-0.15, -0.1) is 0 Å². The molecular formula is C15H20O4. The molecule has 0 aromatic heterocycles. The first-order valence-electron chi connectivity index (χ1n) is 6.50. The molecule has 1 rings (SSSR count). The number of unbranched alkanes of at least 4 members (excludes halogenated alkanes) is 1. The summed E-state index contributed by atoms with van der Waals surface area (Å²) in [5, 5.41) is 0. The lowest BCUT2D eigenvalue weighted by Crippen LogP contribution is -2.06. The van der Waals surface area contributed by atoms with Gasteiger partial charge in [0.25, 0.3) is 0 Å². The number of ether oxygens (including phenoxy) is 2. The van der Waals surface area contributed by atoms with Gasteiger partial charge in [-0.1, -0.05) is 25.5 Å². The predicted octanol–water partition coefficient (Wildman–Crippen LogP) is 2.75. The summed E-state index contributed by atoms with van der Waals surface area (Å²) in [5.74, 6) is -0.531. The molecule has 1 aromatic carbocycles. The molecule has 4 heteroatoms. The smallest absolute Gasteiger partial charge is 0.338 e. The second-order valence-corrected chi connectivity index (χ2v) is 4.26. The summed E-state index contributed by atoms with van der Waals surface area (Å²) >= 11 is 0. The van der Waals surface area contributed by atoms with Crippen molar-refractivity contribution in [2.75, 3.05) is 13.7 Å². The van der Waals surface area contributed by atoms with Crippen LogP contribution in [0.3, 0.4) is 0 Å². The number of hydrogen-bond acceptors (Lipinski definition) is 4. The molecule has 0 spiro atoms. The van der Waals surface area contributed by atoms with Crippen molar-refractivity contribution in [1.82, 2.24) is 0 Å². The molecule has 0 N–H and O–H groups in total. The van der Waals surface area contributed by atoms with Crippen LogP contribution in [0.1, 0.15) is 42.1 Å². The molecule has 0 saturated carbocycles. The fraction of sp³-hybridized carbons (Fsp3) is 0.467. The largest absolute Gasteiger partial charge is 0.469 e. The van der Waals surface area contributed by atoms with E-state index in [4.69, 9.17) is 4.74 Å². The van der Waals surface area contributed by atoms with Crippen LogP contribution in [-0.4, -0.2) is 25.7 Å². The number of benzene rings is 1. The lowest BCUT2D eigenvalue weighted by Gasteiger charge is -2.05. The zero-order chi connectivity index (χ0) is 14.1. The minimum atomic E-state index is -0.298. The van der Waals surface area contributed by atoms with Crippen molar-refractivity contribution in [1.29, 1.82) is 0 Å². The lowest BCUT2D eigenvalue weighted by atomic mass is 10.1. The van der Waals surface area contributed by atoms with Crippen molar-refractivity contribution < 1.29 is 19.1 Å². The van der Waals surface area contributed by atoms with Gasteiger partial charge in [-0.25, -0.2) is 4.79 Å². The molecule has 104 valence electrons. The molecule has 0 saturated heterocycles. The van der Waals surface area contributed by atoms with Gasteiger partial charge in [0, 0.05) is 6.42 Å². The Bertz CT molecular complexity index is 409. The molecule has 4 nitrogen and oxygen atoms in total. The van der Waals surface area contributed by atoms with Crippen LogP contribution in [0.4, 0.5) is 0 Å². The van der Waals surface area contributed by atoms with E-state index in [0.717, 1.165) is 18.4 Å². The maximum atomic E-state index is 11.6. The van der Waals surface area contributed by atoms with Gasteiger partial charge in [0.05, 0.1) is 19.3 Å². The van der Waals surface area contributed by atoms with Crippen LogP contribution in [0.5, 0.6) is 0 Å². The number of hydrogen-bond donors (Lipinski definition) is 0. The highest BCUT2D eigenvalue weighted by Gasteiger charge is 2.07. The summed E-state index contributed by atoms with van der Waals surface area (Å²) in [5.41, 5.74) is 1.54. The van der Waals surface area contributed by atoms with Crippen molar-refractivity contribution in [3.8, 4) is 0 Å². The Morgan fingerprint density at radius 1 is 1.16 bits per heavy atom. The van der Waals surface area contributed by atoms with Crippen LogP contribution < -0.4 is 0 Å². The third-order valence-electron chi connectivity index (χ3n) is 2.77. The maximum absolute atomic E-state index is 11.6. The van der Waals surface area contributed by atoms with Crippen LogP contribution in [0.2, 0.25) is 0 Å². The molecule has 0 radical (unpaired) electrons. The topological polar surface area (TPSA) is 52.6 Å². The SMILES string of the molecule is CCCCOC(=O)c1ccc(CCC(=O)OC)cc1. The van der Waals surface area contributed by atoms with E-state index in [1.54, 1.807) is 12.1 Å². The molecule has 0 aliphatic carbocycles. The molecule has 0 unspecified atom stereocenters. The zero-order valence-electron chi connectivity index (χ0n) is 11.5. The normalized spacial score (nSPS) is 10.0. The maximum Gasteiger partial charge on any atom is 0.338 e. The average Bonchev–Trinajstić information content (AvgIpc) is 2.45. The number of methoxy groups -OCH3 is 1. The zero-order valence-corrected chi connectivity index (χ0v) is 11.5. The van der Waals surface area contributed by atoms with Gasteiger partial charge in [0.1, 0.15) is 0 Å².